The van der Waals surface area contributed by atoms with Crippen molar-refractivity contribution in [1.82, 2.24) is 10.2 Å². The lowest BCUT2D eigenvalue weighted by Crippen LogP contribution is -2.51. The zero-order valence-corrected chi connectivity index (χ0v) is 21.7. The van der Waals surface area contributed by atoms with E-state index in [1.807, 2.05) is 0 Å². The van der Waals surface area contributed by atoms with Crippen molar-refractivity contribution in [3.63, 3.8) is 0 Å². The standard InChI is InChI=1S/C27H30FN3O5S/c1-4-25(27(33)29-2)30(18-20-10-14-23(36-3)15-11-20)26(32)19-31(22-8-6-5-7-9-22)37(34,35)24-16-12-21(28)13-17-24/h5-17,25H,4,18-19H2,1-3H3,(H,29,33)/t25-/m1/s1. The average molecular weight is 528 g/mol. The number of nitrogens with one attached hydrogen (secondary N) is 1. The summed E-state index contributed by atoms with van der Waals surface area (Å²) in [5.41, 5.74) is 1.00. The van der Waals surface area contributed by atoms with Crippen LogP contribution in [0.3, 0.4) is 0 Å². The van der Waals surface area contributed by atoms with Crippen LogP contribution in [0.15, 0.2) is 83.8 Å². The number of methoxy groups -OCH3 is 1. The number of anilines is 1. The highest BCUT2D eigenvalue weighted by molar-refractivity contribution is 7.92. The molecule has 0 unspecified atom stereocenters. The first-order chi connectivity index (χ1) is 17.7. The second-order valence-corrected chi connectivity index (χ2v) is 10.1. The lowest BCUT2D eigenvalue weighted by Gasteiger charge is -2.33. The first-order valence-corrected chi connectivity index (χ1v) is 13.1. The predicted molar refractivity (Wildman–Crippen MR) is 139 cm³/mol. The van der Waals surface area contributed by atoms with Gasteiger partial charge in [0, 0.05) is 13.6 Å². The minimum Gasteiger partial charge on any atom is -0.497 e. The maximum absolute atomic E-state index is 13.8. The van der Waals surface area contributed by atoms with Gasteiger partial charge in [-0.3, -0.25) is 13.9 Å². The number of carbonyl (C=O) groups excluding carboxylic acids is 2. The Morgan fingerprint density at radius 1 is 0.973 bits per heavy atom. The molecule has 0 saturated carbocycles. The fourth-order valence-corrected chi connectivity index (χ4v) is 5.28. The number of nitrogens with zero attached hydrogens (tertiary/aromatic N) is 2. The average Bonchev–Trinajstić information content (AvgIpc) is 2.92. The largest absolute Gasteiger partial charge is 0.497 e. The van der Waals surface area contributed by atoms with Crippen LogP contribution in [-0.4, -0.2) is 51.9 Å². The molecule has 8 nitrogen and oxygen atoms in total. The lowest BCUT2D eigenvalue weighted by atomic mass is 10.1. The third kappa shape index (κ3) is 6.65. The van der Waals surface area contributed by atoms with Crippen LogP contribution in [0.4, 0.5) is 10.1 Å². The zero-order chi connectivity index (χ0) is 27.0. The van der Waals surface area contributed by atoms with Gasteiger partial charge >= 0.3 is 0 Å². The highest BCUT2D eigenvalue weighted by Crippen LogP contribution is 2.25. The molecule has 3 aromatic rings. The van der Waals surface area contributed by atoms with Gasteiger partial charge in [0.15, 0.2) is 0 Å². The van der Waals surface area contributed by atoms with Crippen LogP contribution in [-0.2, 0) is 26.2 Å². The van der Waals surface area contributed by atoms with Crippen LogP contribution in [0, 0.1) is 5.82 Å². The van der Waals surface area contributed by atoms with E-state index in [4.69, 9.17) is 4.74 Å². The SMILES string of the molecule is CC[C@H](C(=O)NC)N(Cc1ccc(OC)cc1)C(=O)CN(c1ccccc1)S(=O)(=O)c1ccc(F)cc1. The van der Waals surface area contributed by atoms with Gasteiger partial charge in [0.25, 0.3) is 10.0 Å². The van der Waals surface area contributed by atoms with Gasteiger partial charge in [0.2, 0.25) is 11.8 Å². The van der Waals surface area contributed by atoms with Crippen LogP contribution in [0.1, 0.15) is 18.9 Å². The van der Waals surface area contributed by atoms with E-state index >= 15 is 0 Å². The van der Waals surface area contributed by atoms with Crippen molar-refractivity contribution in [2.75, 3.05) is 25.0 Å². The van der Waals surface area contributed by atoms with Gasteiger partial charge < -0.3 is 15.0 Å². The zero-order valence-electron chi connectivity index (χ0n) is 20.9. The van der Waals surface area contributed by atoms with E-state index in [2.05, 4.69) is 5.32 Å². The fourth-order valence-electron chi connectivity index (χ4n) is 3.87. The molecule has 0 aliphatic carbocycles. The number of hydrogen-bond donors (Lipinski definition) is 1. The number of likely N-dealkylation sites (N-methyl/N-ethyl adjacent to an activating group) is 1. The number of carbonyl (C=O) groups is 2. The molecule has 0 fully saturated rings. The minimum absolute atomic E-state index is 0.0774. The summed E-state index contributed by atoms with van der Waals surface area (Å²) in [6, 6.07) is 18.8. The number of amides is 2. The highest BCUT2D eigenvalue weighted by Gasteiger charge is 2.33. The van der Waals surface area contributed by atoms with Gasteiger partial charge in [-0.15, -0.1) is 0 Å². The fraction of sp³-hybridized carbons (Fsp3) is 0.259. The molecule has 3 aromatic carbocycles. The third-order valence-corrected chi connectivity index (χ3v) is 7.66. The molecule has 1 N–H and O–H groups in total. The maximum Gasteiger partial charge on any atom is 0.264 e. The Hall–Kier alpha value is -3.92. The molecule has 0 spiro atoms. The molecule has 0 aliphatic heterocycles. The van der Waals surface area contributed by atoms with E-state index in [0.29, 0.717) is 12.2 Å². The molecule has 0 radical (unpaired) electrons. The molecule has 0 saturated heterocycles. The first-order valence-electron chi connectivity index (χ1n) is 11.7. The monoisotopic (exact) mass is 527 g/mol. The summed E-state index contributed by atoms with van der Waals surface area (Å²) in [5, 5.41) is 2.58. The molecular formula is C27H30FN3O5S. The number of rotatable bonds is 11. The van der Waals surface area contributed by atoms with Gasteiger partial charge in [-0.25, -0.2) is 12.8 Å². The number of hydrogen-bond acceptors (Lipinski definition) is 5. The Kier molecular flexibility index (Phi) is 9.24. The van der Waals surface area contributed by atoms with Crippen molar-refractivity contribution in [3.05, 3.63) is 90.2 Å². The molecule has 0 aromatic heterocycles. The smallest absolute Gasteiger partial charge is 0.264 e. The molecular weight excluding hydrogens is 497 g/mol. The molecule has 0 aliphatic rings. The Morgan fingerprint density at radius 3 is 2.14 bits per heavy atom. The lowest BCUT2D eigenvalue weighted by molar-refractivity contribution is -0.140. The quantitative estimate of drug-likeness (QED) is 0.411. The Bertz CT molecular complexity index is 1300. The van der Waals surface area contributed by atoms with Crippen LogP contribution < -0.4 is 14.4 Å². The maximum atomic E-state index is 13.8. The van der Waals surface area contributed by atoms with Crippen molar-refractivity contribution in [2.24, 2.45) is 0 Å². The van der Waals surface area contributed by atoms with Crippen LogP contribution >= 0.6 is 0 Å². The van der Waals surface area contributed by atoms with E-state index in [-0.39, 0.29) is 23.0 Å². The molecule has 37 heavy (non-hydrogen) atoms. The van der Waals surface area contributed by atoms with Gasteiger partial charge in [0.1, 0.15) is 24.2 Å². The molecule has 0 heterocycles. The summed E-state index contributed by atoms with van der Waals surface area (Å²) in [7, 11) is -1.21. The molecule has 3 rings (SSSR count). The normalized spacial score (nSPS) is 11.9. The number of benzene rings is 3. The Balaban J connectivity index is 2.01. The molecule has 196 valence electrons. The summed E-state index contributed by atoms with van der Waals surface area (Å²) in [6.07, 6.45) is 0.317. The van der Waals surface area contributed by atoms with Crippen molar-refractivity contribution in [2.45, 2.75) is 30.8 Å². The van der Waals surface area contributed by atoms with E-state index in [1.165, 1.54) is 11.9 Å². The van der Waals surface area contributed by atoms with Gasteiger partial charge in [-0.05, 0) is 60.5 Å². The predicted octanol–water partition coefficient (Wildman–Crippen LogP) is 3.58. The van der Waals surface area contributed by atoms with Crippen molar-refractivity contribution in [1.29, 1.82) is 0 Å². The Labute approximate surface area is 216 Å². The summed E-state index contributed by atoms with van der Waals surface area (Å²) in [6.45, 7) is 1.29. The first kappa shape index (κ1) is 27.7. The third-order valence-electron chi connectivity index (χ3n) is 5.87. The minimum atomic E-state index is -4.24. The van der Waals surface area contributed by atoms with Crippen molar-refractivity contribution < 1.29 is 27.1 Å². The summed E-state index contributed by atoms with van der Waals surface area (Å²) in [4.78, 5) is 27.7. The topological polar surface area (TPSA) is 96.0 Å². The molecule has 10 heteroatoms. The number of halogens is 1. The summed E-state index contributed by atoms with van der Waals surface area (Å²) < 4.78 is 46.9. The molecule has 1 atom stereocenters. The Morgan fingerprint density at radius 2 is 1.59 bits per heavy atom. The summed E-state index contributed by atoms with van der Waals surface area (Å²) in [5.74, 6) is -0.873. The highest BCUT2D eigenvalue weighted by atomic mass is 32.2. The molecule has 0 bridgehead atoms. The number of ether oxygens (including phenoxy) is 1. The van der Waals surface area contributed by atoms with Crippen LogP contribution in [0.25, 0.3) is 0 Å². The molecule has 2 amide bonds. The second-order valence-electron chi connectivity index (χ2n) is 8.21. The van der Waals surface area contributed by atoms with Gasteiger partial charge in [0.05, 0.1) is 17.7 Å². The van der Waals surface area contributed by atoms with E-state index in [9.17, 15) is 22.4 Å². The van der Waals surface area contributed by atoms with Gasteiger partial charge in [-0.1, -0.05) is 37.3 Å². The number of sulfonamides is 1. The van der Waals surface area contributed by atoms with Crippen LogP contribution in [0.5, 0.6) is 5.75 Å². The van der Waals surface area contributed by atoms with Crippen LogP contribution in [0.2, 0.25) is 0 Å². The number of para-hydroxylation sites is 1. The van der Waals surface area contributed by atoms with Gasteiger partial charge in [-0.2, -0.15) is 0 Å². The summed E-state index contributed by atoms with van der Waals surface area (Å²) >= 11 is 0. The van der Waals surface area contributed by atoms with Crippen molar-refractivity contribution >= 4 is 27.5 Å². The van der Waals surface area contributed by atoms with E-state index in [1.54, 1.807) is 68.6 Å². The van der Waals surface area contributed by atoms with E-state index in [0.717, 1.165) is 34.1 Å². The van der Waals surface area contributed by atoms with E-state index < -0.39 is 34.3 Å². The second kappa shape index (κ2) is 12.4. The van der Waals surface area contributed by atoms with Crippen molar-refractivity contribution in [3.8, 4) is 5.75 Å².